The second-order valence-electron chi connectivity index (χ2n) is 5.14. The Bertz CT molecular complexity index is 1040. The minimum Gasteiger partial charge on any atom is -0.331 e. The van der Waals surface area contributed by atoms with E-state index in [4.69, 9.17) is 12.2 Å². The van der Waals surface area contributed by atoms with Crippen LogP contribution in [0.2, 0.25) is 0 Å². The zero-order chi connectivity index (χ0) is 16.9. The fourth-order valence-electron chi connectivity index (χ4n) is 2.33. The highest BCUT2D eigenvalue weighted by Gasteiger charge is 2.09. The maximum absolute atomic E-state index is 11.8. The molecule has 0 aliphatic carbocycles. The lowest BCUT2D eigenvalue weighted by molar-refractivity contribution is 1.08. The second kappa shape index (κ2) is 6.90. The molecule has 0 saturated heterocycles. The Hall–Kier alpha value is -3.23. The number of aromatic nitrogens is 2. The van der Waals surface area contributed by atoms with Crippen molar-refractivity contribution in [3.8, 4) is 17.3 Å². The number of nitrogens with zero attached hydrogens (tertiary/aromatic N) is 1. The summed E-state index contributed by atoms with van der Waals surface area (Å²) in [6.45, 7) is 0. The van der Waals surface area contributed by atoms with E-state index in [0.717, 1.165) is 16.7 Å². The predicted octanol–water partition coefficient (Wildman–Crippen LogP) is 4.14. The SMILES string of the molecule is N#Cc1c(-c2ccc(/C=C/c3ccccc3)cc2)[nH]c(=S)[nH]c1=O. The van der Waals surface area contributed by atoms with Crippen LogP contribution < -0.4 is 5.56 Å². The van der Waals surface area contributed by atoms with E-state index in [9.17, 15) is 10.1 Å². The summed E-state index contributed by atoms with van der Waals surface area (Å²) in [7, 11) is 0. The summed E-state index contributed by atoms with van der Waals surface area (Å²) in [6.07, 6.45) is 4.03. The Balaban J connectivity index is 1.94. The molecule has 3 rings (SSSR count). The molecule has 2 N–H and O–H groups in total. The fourth-order valence-corrected chi connectivity index (χ4v) is 2.52. The smallest absolute Gasteiger partial charge is 0.270 e. The van der Waals surface area contributed by atoms with Crippen LogP contribution in [0.25, 0.3) is 23.4 Å². The first-order valence-electron chi connectivity index (χ1n) is 7.27. The molecule has 0 atom stereocenters. The van der Waals surface area contributed by atoms with E-state index in [1.807, 2.05) is 72.8 Å². The average Bonchev–Trinajstić information content (AvgIpc) is 2.61. The van der Waals surface area contributed by atoms with Crippen LogP contribution >= 0.6 is 12.2 Å². The largest absolute Gasteiger partial charge is 0.331 e. The summed E-state index contributed by atoms with van der Waals surface area (Å²) in [6, 6.07) is 19.5. The Labute approximate surface area is 143 Å². The summed E-state index contributed by atoms with van der Waals surface area (Å²) >= 11 is 4.98. The maximum Gasteiger partial charge on any atom is 0.270 e. The van der Waals surface area contributed by atoms with Gasteiger partial charge in [-0.2, -0.15) is 5.26 Å². The molecule has 2 aromatic carbocycles. The summed E-state index contributed by atoms with van der Waals surface area (Å²) in [4.78, 5) is 17.1. The van der Waals surface area contributed by atoms with Crippen LogP contribution in [0, 0.1) is 16.1 Å². The first kappa shape index (κ1) is 15.7. The molecule has 0 aliphatic heterocycles. The van der Waals surface area contributed by atoms with Gasteiger partial charge in [0.2, 0.25) is 0 Å². The minimum absolute atomic E-state index is 0.0242. The topological polar surface area (TPSA) is 72.4 Å². The highest BCUT2D eigenvalue weighted by molar-refractivity contribution is 7.71. The van der Waals surface area contributed by atoms with Crippen molar-refractivity contribution in [2.75, 3.05) is 0 Å². The number of H-pyrrole nitrogens is 2. The van der Waals surface area contributed by atoms with Gasteiger partial charge < -0.3 is 4.98 Å². The summed E-state index contributed by atoms with van der Waals surface area (Å²) in [5, 5.41) is 9.18. The van der Waals surface area contributed by atoms with Gasteiger partial charge >= 0.3 is 0 Å². The van der Waals surface area contributed by atoms with Crippen LogP contribution in [0.3, 0.4) is 0 Å². The number of benzene rings is 2. The van der Waals surface area contributed by atoms with Crippen molar-refractivity contribution >= 4 is 24.4 Å². The van der Waals surface area contributed by atoms with E-state index in [1.54, 1.807) is 0 Å². The zero-order valence-electron chi connectivity index (χ0n) is 12.6. The van der Waals surface area contributed by atoms with Crippen molar-refractivity contribution in [2.45, 2.75) is 0 Å². The molecule has 5 heteroatoms. The number of nitriles is 1. The van der Waals surface area contributed by atoms with Crippen LogP contribution in [-0.4, -0.2) is 9.97 Å². The fraction of sp³-hybridized carbons (Fsp3) is 0. The van der Waals surface area contributed by atoms with Crippen molar-refractivity contribution in [2.24, 2.45) is 0 Å². The number of aromatic amines is 2. The van der Waals surface area contributed by atoms with Crippen LogP contribution in [0.4, 0.5) is 0 Å². The molecule has 0 amide bonds. The first-order chi connectivity index (χ1) is 11.7. The van der Waals surface area contributed by atoms with Gasteiger partial charge in [-0.15, -0.1) is 0 Å². The minimum atomic E-state index is -0.482. The van der Waals surface area contributed by atoms with Gasteiger partial charge in [0.25, 0.3) is 5.56 Å². The van der Waals surface area contributed by atoms with Crippen molar-refractivity contribution in [3.05, 3.63) is 86.4 Å². The molecule has 24 heavy (non-hydrogen) atoms. The Kier molecular flexibility index (Phi) is 4.50. The van der Waals surface area contributed by atoms with Crippen molar-refractivity contribution in [1.29, 1.82) is 5.26 Å². The first-order valence-corrected chi connectivity index (χ1v) is 7.68. The molecule has 0 bridgehead atoms. The summed E-state index contributed by atoms with van der Waals surface area (Å²) in [5.41, 5.74) is 2.85. The van der Waals surface area contributed by atoms with E-state index in [1.165, 1.54) is 0 Å². The molecule has 3 aromatic rings. The lowest BCUT2D eigenvalue weighted by atomic mass is 10.0. The second-order valence-corrected chi connectivity index (χ2v) is 5.54. The highest BCUT2D eigenvalue weighted by Crippen LogP contribution is 2.20. The standard InChI is InChI=1S/C19H13N3OS/c20-12-16-17(21-19(24)22-18(16)23)15-10-8-14(9-11-15)7-6-13-4-2-1-3-5-13/h1-11H,(H2,21,22,23,24)/b7-6+. The summed E-state index contributed by atoms with van der Waals surface area (Å²) < 4.78 is 0.196. The van der Waals surface area contributed by atoms with Crippen molar-refractivity contribution < 1.29 is 0 Å². The van der Waals surface area contributed by atoms with Crippen LogP contribution in [-0.2, 0) is 0 Å². The van der Waals surface area contributed by atoms with Gasteiger partial charge in [-0.3, -0.25) is 9.78 Å². The molecule has 0 radical (unpaired) electrons. The van der Waals surface area contributed by atoms with Gasteiger partial charge in [-0.05, 0) is 28.9 Å². The maximum atomic E-state index is 11.8. The predicted molar refractivity (Wildman–Crippen MR) is 97.8 cm³/mol. The molecular formula is C19H13N3OS. The number of rotatable bonds is 3. The van der Waals surface area contributed by atoms with Gasteiger partial charge in [0.1, 0.15) is 11.6 Å². The van der Waals surface area contributed by atoms with Crippen molar-refractivity contribution in [1.82, 2.24) is 9.97 Å². The molecule has 4 nitrogen and oxygen atoms in total. The Morgan fingerprint density at radius 1 is 0.917 bits per heavy atom. The monoisotopic (exact) mass is 331 g/mol. The third kappa shape index (κ3) is 3.40. The average molecular weight is 331 g/mol. The van der Waals surface area contributed by atoms with Crippen LogP contribution in [0.1, 0.15) is 16.7 Å². The molecule has 0 spiro atoms. The van der Waals surface area contributed by atoms with Gasteiger partial charge in [0, 0.05) is 0 Å². The van der Waals surface area contributed by atoms with Gasteiger partial charge in [0.05, 0.1) is 5.69 Å². The third-order valence-electron chi connectivity index (χ3n) is 3.52. The summed E-state index contributed by atoms with van der Waals surface area (Å²) in [5.74, 6) is 0. The number of nitrogens with one attached hydrogen (secondary N) is 2. The molecule has 1 aromatic heterocycles. The Morgan fingerprint density at radius 2 is 1.54 bits per heavy atom. The molecule has 0 fully saturated rings. The lowest BCUT2D eigenvalue weighted by Crippen LogP contribution is -2.13. The van der Waals surface area contributed by atoms with E-state index in [-0.39, 0.29) is 10.3 Å². The normalized spacial score (nSPS) is 10.6. The van der Waals surface area contributed by atoms with Crippen LogP contribution in [0.15, 0.2) is 59.4 Å². The van der Waals surface area contributed by atoms with Gasteiger partial charge in [-0.25, -0.2) is 0 Å². The van der Waals surface area contributed by atoms with E-state index in [0.29, 0.717) is 5.69 Å². The quantitative estimate of drug-likeness (QED) is 0.559. The molecule has 1 heterocycles. The molecule has 0 unspecified atom stereocenters. The molecule has 0 aliphatic rings. The van der Waals surface area contributed by atoms with Crippen LogP contribution in [0.5, 0.6) is 0 Å². The number of hydrogen-bond acceptors (Lipinski definition) is 3. The van der Waals surface area contributed by atoms with Gasteiger partial charge in [0.15, 0.2) is 4.77 Å². The zero-order valence-corrected chi connectivity index (χ0v) is 13.4. The van der Waals surface area contributed by atoms with Crippen molar-refractivity contribution in [3.63, 3.8) is 0 Å². The third-order valence-corrected chi connectivity index (χ3v) is 3.73. The lowest BCUT2D eigenvalue weighted by Gasteiger charge is -2.04. The molecule has 0 saturated carbocycles. The van der Waals surface area contributed by atoms with E-state index in [2.05, 4.69) is 9.97 Å². The molecular weight excluding hydrogens is 318 g/mol. The van der Waals surface area contributed by atoms with E-state index < -0.39 is 5.56 Å². The Morgan fingerprint density at radius 3 is 2.17 bits per heavy atom. The van der Waals surface area contributed by atoms with Gasteiger partial charge in [-0.1, -0.05) is 66.7 Å². The number of hydrogen-bond donors (Lipinski definition) is 2. The highest BCUT2D eigenvalue weighted by atomic mass is 32.1. The molecule has 116 valence electrons. The van der Waals surface area contributed by atoms with E-state index >= 15 is 0 Å².